The highest BCUT2D eigenvalue weighted by Crippen LogP contribution is 2.48. The van der Waals surface area contributed by atoms with E-state index in [-0.39, 0.29) is 5.41 Å². The minimum atomic E-state index is -0.0304. The second-order valence-corrected chi connectivity index (χ2v) is 5.71. The van der Waals surface area contributed by atoms with Gasteiger partial charge in [0.25, 0.3) is 0 Å². The molecule has 0 aliphatic heterocycles. The van der Waals surface area contributed by atoms with Gasteiger partial charge in [0, 0.05) is 18.0 Å². The SMILES string of the molecule is CC1(C(=O)N(Cc2ccccc2)C2CC2)CC1. The van der Waals surface area contributed by atoms with E-state index in [4.69, 9.17) is 0 Å². The van der Waals surface area contributed by atoms with Crippen molar-refractivity contribution in [2.45, 2.75) is 45.2 Å². The lowest BCUT2D eigenvalue weighted by molar-refractivity contribution is -0.137. The third-order valence-electron chi connectivity index (χ3n) is 3.96. The van der Waals surface area contributed by atoms with Gasteiger partial charge in [0.15, 0.2) is 0 Å². The van der Waals surface area contributed by atoms with E-state index in [1.807, 2.05) is 18.2 Å². The number of carbonyl (C=O) groups excluding carboxylic acids is 1. The Kier molecular flexibility index (Phi) is 2.46. The highest BCUT2D eigenvalue weighted by Gasteiger charge is 2.49. The van der Waals surface area contributed by atoms with Crippen molar-refractivity contribution in [3.8, 4) is 0 Å². The Bertz CT molecular complexity index is 418. The van der Waals surface area contributed by atoms with E-state index < -0.39 is 0 Å². The van der Waals surface area contributed by atoms with Crippen LogP contribution in [0.5, 0.6) is 0 Å². The number of hydrogen-bond donors (Lipinski definition) is 0. The van der Waals surface area contributed by atoms with Crippen molar-refractivity contribution in [2.24, 2.45) is 5.41 Å². The van der Waals surface area contributed by atoms with Gasteiger partial charge in [0.1, 0.15) is 0 Å². The number of nitrogens with zero attached hydrogens (tertiary/aromatic N) is 1. The molecule has 0 heterocycles. The molecule has 0 spiro atoms. The van der Waals surface area contributed by atoms with Gasteiger partial charge >= 0.3 is 0 Å². The first-order chi connectivity index (χ1) is 8.19. The van der Waals surface area contributed by atoms with Gasteiger partial charge < -0.3 is 4.90 Å². The Morgan fingerprint density at radius 3 is 2.47 bits per heavy atom. The Balaban J connectivity index is 1.74. The van der Waals surface area contributed by atoms with Crippen molar-refractivity contribution in [3.05, 3.63) is 35.9 Å². The monoisotopic (exact) mass is 229 g/mol. The van der Waals surface area contributed by atoms with Crippen molar-refractivity contribution in [1.29, 1.82) is 0 Å². The van der Waals surface area contributed by atoms with E-state index in [1.54, 1.807) is 0 Å². The van der Waals surface area contributed by atoms with Crippen LogP contribution in [-0.4, -0.2) is 16.8 Å². The molecule has 0 saturated heterocycles. The fourth-order valence-corrected chi connectivity index (χ4v) is 2.28. The topological polar surface area (TPSA) is 20.3 Å². The summed E-state index contributed by atoms with van der Waals surface area (Å²) < 4.78 is 0. The molecule has 1 amide bonds. The standard InChI is InChI=1S/C15H19NO/c1-15(9-10-15)14(17)16(13-7-8-13)11-12-5-3-2-4-6-12/h2-6,13H,7-11H2,1H3. The van der Waals surface area contributed by atoms with Crippen molar-refractivity contribution in [2.75, 3.05) is 0 Å². The van der Waals surface area contributed by atoms with Crippen molar-refractivity contribution >= 4 is 5.91 Å². The minimum Gasteiger partial charge on any atom is -0.335 e. The van der Waals surface area contributed by atoms with Crippen molar-refractivity contribution in [3.63, 3.8) is 0 Å². The van der Waals surface area contributed by atoms with Crippen LogP contribution < -0.4 is 0 Å². The number of benzene rings is 1. The van der Waals surface area contributed by atoms with Gasteiger partial charge in [-0.2, -0.15) is 0 Å². The molecule has 0 atom stereocenters. The summed E-state index contributed by atoms with van der Waals surface area (Å²) in [4.78, 5) is 14.6. The fourth-order valence-electron chi connectivity index (χ4n) is 2.28. The van der Waals surface area contributed by atoms with E-state index in [0.29, 0.717) is 11.9 Å². The van der Waals surface area contributed by atoms with Crippen LogP contribution in [0.4, 0.5) is 0 Å². The zero-order valence-corrected chi connectivity index (χ0v) is 10.4. The molecule has 90 valence electrons. The molecule has 2 aliphatic carbocycles. The highest BCUT2D eigenvalue weighted by atomic mass is 16.2. The van der Waals surface area contributed by atoms with Crippen molar-refractivity contribution < 1.29 is 4.79 Å². The highest BCUT2D eigenvalue weighted by molar-refractivity contribution is 5.85. The van der Waals surface area contributed by atoms with Gasteiger partial charge in [-0.15, -0.1) is 0 Å². The molecule has 2 heteroatoms. The molecule has 1 aromatic carbocycles. The van der Waals surface area contributed by atoms with Crippen molar-refractivity contribution in [1.82, 2.24) is 4.90 Å². The van der Waals surface area contributed by atoms with Crippen LogP contribution in [0, 0.1) is 5.41 Å². The molecule has 0 N–H and O–H groups in total. The fraction of sp³-hybridized carbons (Fsp3) is 0.533. The maximum absolute atomic E-state index is 12.4. The van der Waals surface area contributed by atoms with Crippen LogP contribution in [0.1, 0.15) is 38.2 Å². The Labute approximate surface area is 103 Å². The van der Waals surface area contributed by atoms with E-state index >= 15 is 0 Å². The van der Waals surface area contributed by atoms with Crippen LogP contribution in [0.2, 0.25) is 0 Å². The van der Waals surface area contributed by atoms with E-state index in [0.717, 1.165) is 19.4 Å². The quantitative estimate of drug-likeness (QED) is 0.777. The van der Waals surface area contributed by atoms with Gasteiger partial charge in [-0.1, -0.05) is 37.3 Å². The average Bonchev–Trinajstić information content (AvgIpc) is 3.22. The second-order valence-electron chi connectivity index (χ2n) is 5.71. The summed E-state index contributed by atoms with van der Waals surface area (Å²) in [7, 11) is 0. The van der Waals surface area contributed by atoms with Crippen LogP contribution in [-0.2, 0) is 11.3 Å². The van der Waals surface area contributed by atoms with Crippen LogP contribution in [0.3, 0.4) is 0 Å². The normalized spacial score (nSPS) is 21.0. The van der Waals surface area contributed by atoms with Gasteiger partial charge in [-0.25, -0.2) is 0 Å². The van der Waals surface area contributed by atoms with Gasteiger partial charge in [0.2, 0.25) is 5.91 Å². The predicted octanol–water partition coefficient (Wildman–Crippen LogP) is 2.98. The molecule has 2 fully saturated rings. The zero-order chi connectivity index (χ0) is 11.9. The van der Waals surface area contributed by atoms with Crippen LogP contribution in [0.25, 0.3) is 0 Å². The molecule has 2 aliphatic rings. The summed E-state index contributed by atoms with van der Waals surface area (Å²) in [5.74, 6) is 0.379. The molecular formula is C15H19NO. The number of hydrogen-bond acceptors (Lipinski definition) is 1. The predicted molar refractivity (Wildman–Crippen MR) is 67.4 cm³/mol. The molecule has 0 unspecified atom stereocenters. The first-order valence-electron chi connectivity index (χ1n) is 6.54. The first kappa shape index (κ1) is 10.8. The maximum atomic E-state index is 12.4. The van der Waals surface area contributed by atoms with Crippen LogP contribution >= 0.6 is 0 Å². The summed E-state index contributed by atoms with van der Waals surface area (Å²) >= 11 is 0. The molecule has 0 bridgehead atoms. The van der Waals surface area contributed by atoms with E-state index in [2.05, 4.69) is 24.0 Å². The zero-order valence-electron chi connectivity index (χ0n) is 10.4. The van der Waals surface area contributed by atoms with Gasteiger partial charge in [-0.05, 0) is 31.2 Å². The Hall–Kier alpha value is -1.31. The molecule has 2 nitrogen and oxygen atoms in total. The Morgan fingerprint density at radius 2 is 1.94 bits per heavy atom. The maximum Gasteiger partial charge on any atom is 0.229 e. The molecule has 0 aromatic heterocycles. The Morgan fingerprint density at radius 1 is 1.29 bits per heavy atom. The van der Waals surface area contributed by atoms with Gasteiger partial charge in [0.05, 0.1) is 0 Å². The summed E-state index contributed by atoms with van der Waals surface area (Å²) in [6, 6.07) is 10.8. The summed E-state index contributed by atoms with van der Waals surface area (Å²) in [6.07, 6.45) is 4.52. The summed E-state index contributed by atoms with van der Waals surface area (Å²) in [5.41, 5.74) is 1.22. The number of rotatable bonds is 4. The molecule has 1 aromatic rings. The number of carbonyl (C=O) groups is 1. The molecule has 0 radical (unpaired) electrons. The smallest absolute Gasteiger partial charge is 0.229 e. The first-order valence-corrected chi connectivity index (χ1v) is 6.54. The number of amides is 1. The summed E-state index contributed by atoms with van der Waals surface area (Å²) in [6.45, 7) is 2.90. The average molecular weight is 229 g/mol. The van der Waals surface area contributed by atoms with Gasteiger partial charge in [-0.3, -0.25) is 4.79 Å². The molecule has 2 saturated carbocycles. The molecule has 3 rings (SSSR count). The second kappa shape index (κ2) is 3.86. The van der Waals surface area contributed by atoms with E-state index in [9.17, 15) is 4.79 Å². The summed E-state index contributed by atoms with van der Waals surface area (Å²) in [5, 5.41) is 0. The van der Waals surface area contributed by atoms with E-state index in [1.165, 1.54) is 18.4 Å². The minimum absolute atomic E-state index is 0.0304. The third kappa shape index (κ3) is 2.21. The lowest BCUT2D eigenvalue weighted by Crippen LogP contribution is -2.37. The van der Waals surface area contributed by atoms with Crippen LogP contribution in [0.15, 0.2) is 30.3 Å². The third-order valence-corrected chi connectivity index (χ3v) is 3.96. The molecular weight excluding hydrogens is 210 g/mol. The largest absolute Gasteiger partial charge is 0.335 e. The lowest BCUT2D eigenvalue weighted by Gasteiger charge is -2.25. The lowest BCUT2D eigenvalue weighted by atomic mass is 10.1. The molecule has 17 heavy (non-hydrogen) atoms.